The van der Waals surface area contributed by atoms with Crippen molar-refractivity contribution >= 4 is 40.7 Å². The highest BCUT2D eigenvalue weighted by Crippen LogP contribution is 2.25. The Hall–Kier alpha value is -2.04. The molecular formula is C20H22Cl2N2O2. The van der Waals surface area contributed by atoms with Gasteiger partial charge in [-0.1, -0.05) is 48.3 Å². The molecule has 0 unspecified atom stereocenters. The van der Waals surface area contributed by atoms with Crippen molar-refractivity contribution < 1.29 is 9.59 Å². The van der Waals surface area contributed by atoms with Crippen LogP contribution in [0.2, 0.25) is 10.0 Å². The normalized spacial score (nSPS) is 11.7. The molecule has 138 valence electrons. The molecule has 0 aliphatic rings. The van der Waals surface area contributed by atoms with E-state index in [4.69, 9.17) is 23.2 Å². The van der Waals surface area contributed by atoms with E-state index in [1.807, 2.05) is 13.8 Å². The molecule has 0 aromatic heterocycles. The minimum absolute atomic E-state index is 0.0635. The highest BCUT2D eigenvalue weighted by atomic mass is 35.5. The Morgan fingerprint density at radius 2 is 1.69 bits per heavy atom. The van der Waals surface area contributed by atoms with Gasteiger partial charge in [0.2, 0.25) is 5.91 Å². The molecule has 0 radical (unpaired) electrons. The molecule has 1 atom stereocenters. The number of carbonyl (C=O) groups is 2. The van der Waals surface area contributed by atoms with E-state index in [0.29, 0.717) is 27.7 Å². The van der Waals surface area contributed by atoms with E-state index in [2.05, 4.69) is 10.6 Å². The van der Waals surface area contributed by atoms with Crippen LogP contribution in [0.25, 0.3) is 0 Å². The fourth-order valence-corrected chi connectivity index (χ4v) is 3.00. The average Bonchev–Trinajstić information content (AvgIpc) is 2.61. The lowest BCUT2D eigenvalue weighted by Gasteiger charge is -2.15. The minimum atomic E-state index is -0.204. The number of carbonyl (C=O) groups excluding carboxylic acids is 2. The van der Waals surface area contributed by atoms with Crippen molar-refractivity contribution in [2.45, 2.75) is 39.2 Å². The van der Waals surface area contributed by atoms with Gasteiger partial charge in [0.25, 0.3) is 5.91 Å². The Labute approximate surface area is 163 Å². The number of para-hydroxylation sites is 1. The van der Waals surface area contributed by atoms with Crippen LogP contribution >= 0.6 is 23.2 Å². The number of hydrogen-bond acceptors (Lipinski definition) is 2. The lowest BCUT2D eigenvalue weighted by atomic mass is 10.1. The van der Waals surface area contributed by atoms with Crippen LogP contribution in [0.5, 0.6) is 0 Å². The van der Waals surface area contributed by atoms with Crippen LogP contribution in [0, 0.1) is 0 Å². The molecule has 26 heavy (non-hydrogen) atoms. The second-order valence-electron chi connectivity index (χ2n) is 6.08. The molecule has 2 N–H and O–H groups in total. The van der Waals surface area contributed by atoms with Crippen LogP contribution in [0.4, 0.5) is 5.69 Å². The molecule has 0 aliphatic carbocycles. The van der Waals surface area contributed by atoms with Gasteiger partial charge >= 0.3 is 0 Å². The second-order valence-corrected chi connectivity index (χ2v) is 6.89. The van der Waals surface area contributed by atoms with Crippen LogP contribution in [0.1, 0.15) is 42.6 Å². The second kappa shape index (κ2) is 9.60. The van der Waals surface area contributed by atoms with Crippen LogP contribution in [0.15, 0.2) is 42.5 Å². The number of hydrogen-bond donors (Lipinski definition) is 2. The molecule has 0 saturated carbocycles. The lowest BCUT2D eigenvalue weighted by molar-refractivity contribution is -0.116. The number of halogens is 2. The van der Waals surface area contributed by atoms with Gasteiger partial charge in [-0.15, -0.1) is 0 Å². The van der Waals surface area contributed by atoms with E-state index in [0.717, 1.165) is 12.0 Å². The molecule has 2 aromatic rings. The van der Waals surface area contributed by atoms with E-state index in [-0.39, 0.29) is 24.3 Å². The van der Waals surface area contributed by atoms with Gasteiger partial charge in [-0.3, -0.25) is 9.59 Å². The van der Waals surface area contributed by atoms with Crippen LogP contribution in [-0.4, -0.2) is 17.9 Å². The lowest BCUT2D eigenvalue weighted by Crippen LogP contribution is -2.32. The van der Waals surface area contributed by atoms with Gasteiger partial charge in [0.15, 0.2) is 0 Å². The van der Waals surface area contributed by atoms with E-state index in [9.17, 15) is 9.59 Å². The first-order valence-electron chi connectivity index (χ1n) is 8.55. The number of anilines is 1. The molecule has 2 rings (SSSR count). The Kier molecular flexibility index (Phi) is 7.49. The van der Waals surface area contributed by atoms with Crippen molar-refractivity contribution in [3.63, 3.8) is 0 Å². The summed E-state index contributed by atoms with van der Waals surface area (Å²) in [5.74, 6) is -0.408. The van der Waals surface area contributed by atoms with Crippen molar-refractivity contribution in [2.75, 3.05) is 5.32 Å². The van der Waals surface area contributed by atoms with Gasteiger partial charge in [0, 0.05) is 22.5 Å². The third kappa shape index (κ3) is 5.48. The number of benzene rings is 2. The number of nitrogens with one attached hydrogen (secondary N) is 2. The fraction of sp³-hybridized carbons (Fsp3) is 0.300. The highest BCUT2D eigenvalue weighted by Gasteiger charge is 2.15. The molecule has 0 spiro atoms. The third-order valence-electron chi connectivity index (χ3n) is 4.10. The van der Waals surface area contributed by atoms with Crippen molar-refractivity contribution in [3.05, 3.63) is 63.6 Å². The topological polar surface area (TPSA) is 58.2 Å². The molecule has 6 heteroatoms. The SMILES string of the molecule is CC[C@@H](C)NC(=O)c1ccccc1NC(=O)CCc1c(Cl)cccc1Cl. The molecule has 0 aliphatic heterocycles. The van der Waals surface area contributed by atoms with E-state index < -0.39 is 0 Å². The largest absolute Gasteiger partial charge is 0.350 e. The zero-order valence-corrected chi connectivity index (χ0v) is 16.3. The maximum absolute atomic E-state index is 12.4. The first-order chi connectivity index (χ1) is 12.4. The van der Waals surface area contributed by atoms with Crippen LogP contribution < -0.4 is 10.6 Å². The zero-order chi connectivity index (χ0) is 19.1. The predicted molar refractivity (Wildman–Crippen MR) is 107 cm³/mol. The first kappa shape index (κ1) is 20.3. The summed E-state index contributed by atoms with van der Waals surface area (Å²) < 4.78 is 0. The van der Waals surface area contributed by atoms with Crippen molar-refractivity contribution in [1.29, 1.82) is 0 Å². The standard InChI is InChI=1S/C20H22Cl2N2O2/c1-3-13(2)23-20(26)15-7-4-5-10-18(15)24-19(25)12-11-14-16(21)8-6-9-17(14)22/h4-10,13H,3,11-12H2,1-2H3,(H,23,26)(H,24,25)/t13-/m1/s1. The van der Waals surface area contributed by atoms with E-state index in [1.54, 1.807) is 42.5 Å². The maximum Gasteiger partial charge on any atom is 0.253 e. The summed E-state index contributed by atoms with van der Waals surface area (Å²) in [6.07, 6.45) is 1.47. The predicted octanol–water partition coefficient (Wildman–Crippen LogP) is 5.09. The average molecular weight is 393 g/mol. The molecule has 4 nitrogen and oxygen atoms in total. The summed E-state index contributed by atoms with van der Waals surface area (Å²) in [7, 11) is 0. The Balaban J connectivity index is 2.04. The minimum Gasteiger partial charge on any atom is -0.350 e. The highest BCUT2D eigenvalue weighted by molar-refractivity contribution is 6.36. The molecule has 0 fully saturated rings. The summed E-state index contributed by atoms with van der Waals surface area (Å²) >= 11 is 12.3. The number of rotatable bonds is 7. The smallest absolute Gasteiger partial charge is 0.253 e. The fourth-order valence-electron chi connectivity index (χ4n) is 2.42. The first-order valence-corrected chi connectivity index (χ1v) is 9.30. The third-order valence-corrected chi connectivity index (χ3v) is 4.81. The van der Waals surface area contributed by atoms with E-state index >= 15 is 0 Å². The molecule has 0 heterocycles. The molecule has 2 amide bonds. The van der Waals surface area contributed by atoms with Gasteiger partial charge in [-0.05, 0) is 49.6 Å². The quantitative estimate of drug-likeness (QED) is 0.688. The molecule has 0 saturated heterocycles. The van der Waals surface area contributed by atoms with Crippen molar-refractivity contribution in [2.24, 2.45) is 0 Å². The van der Waals surface area contributed by atoms with Crippen molar-refractivity contribution in [3.8, 4) is 0 Å². The summed E-state index contributed by atoms with van der Waals surface area (Å²) in [4.78, 5) is 24.7. The molecule has 2 aromatic carbocycles. The molecule has 0 bridgehead atoms. The van der Waals surface area contributed by atoms with Gasteiger partial charge in [-0.25, -0.2) is 0 Å². The maximum atomic E-state index is 12.4. The van der Waals surface area contributed by atoms with Gasteiger partial charge in [-0.2, -0.15) is 0 Å². The monoisotopic (exact) mass is 392 g/mol. The molecular weight excluding hydrogens is 371 g/mol. The number of amides is 2. The van der Waals surface area contributed by atoms with Gasteiger partial charge in [0.1, 0.15) is 0 Å². The zero-order valence-electron chi connectivity index (χ0n) is 14.8. The van der Waals surface area contributed by atoms with E-state index in [1.165, 1.54) is 0 Å². The van der Waals surface area contributed by atoms with Crippen LogP contribution in [0.3, 0.4) is 0 Å². The van der Waals surface area contributed by atoms with Gasteiger partial charge < -0.3 is 10.6 Å². The Morgan fingerprint density at radius 3 is 2.35 bits per heavy atom. The summed E-state index contributed by atoms with van der Waals surface area (Å²) in [6.45, 7) is 3.94. The Morgan fingerprint density at radius 1 is 1.04 bits per heavy atom. The summed E-state index contributed by atoms with van der Waals surface area (Å²) in [5.41, 5.74) is 1.68. The Bertz CT molecular complexity index is 773. The van der Waals surface area contributed by atoms with Gasteiger partial charge in [0.05, 0.1) is 11.3 Å². The summed E-state index contributed by atoms with van der Waals surface area (Å²) in [6, 6.07) is 12.3. The van der Waals surface area contributed by atoms with Crippen molar-refractivity contribution in [1.82, 2.24) is 5.32 Å². The van der Waals surface area contributed by atoms with Crippen LogP contribution in [-0.2, 0) is 11.2 Å². The summed E-state index contributed by atoms with van der Waals surface area (Å²) in [5, 5.41) is 6.79.